The molecule has 1 amide bonds. The van der Waals surface area contributed by atoms with Crippen LogP contribution in [0.1, 0.15) is 43.7 Å². The van der Waals surface area contributed by atoms with E-state index in [1.165, 1.54) is 17.2 Å². The Morgan fingerprint density at radius 2 is 1.80 bits per heavy atom. The van der Waals surface area contributed by atoms with E-state index in [4.69, 9.17) is 9.47 Å². The molecule has 0 bridgehead atoms. The van der Waals surface area contributed by atoms with Crippen molar-refractivity contribution in [1.29, 1.82) is 0 Å². The molecule has 0 aliphatic rings. The van der Waals surface area contributed by atoms with Gasteiger partial charge in [-0.25, -0.2) is 4.98 Å². The third-order valence-corrected chi connectivity index (χ3v) is 6.55. The second-order valence-corrected chi connectivity index (χ2v) is 9.36. The number of nitrogens with one attached hydrogen (secondary N) is 1. The van der Waals surface area contributed by atoms with Gasteiger partial charge >= 0.3 is 11.9 Å². The number of carbonyl (C=O) groups excluding carboxylic acids is 4. The van der Waals surface area contributed by atoms with Gasteiger partial charge in [0.2, 0.25) is 0 Å². The average molecular weight is 570 g/mol. The molecule has 0 unspecified atom stereocenters. The summed E-state index contributed by atoms with van der Waals surface area (Å²) in [6, 6.07) is 2.91. The maximum absolute atomic E-state index is 12.9. The first kappa shape index (κ1) is 30.6. The predicted molar refractivity (Wildman–Crippen MR) is 144 cm³/mol. The van der Waals surface area contributed by atoms with Crippen molar-refractivity contribution in [2.75, 3.05) is 41.4 Å². The van der Waals surface area contributed by atoms with Crippen LogP contribution in [-0.2, 0) is 32.7 Å². The maximum Gasteiger partial charge on any atom is 0.324 e. The van der Waals surface area contributed by atoms with Gasteiger partial charge < -0.3 is 19.4 Å². The maximum atomic E-state index is 12.9. The van der Waals surface area contributed by atoms with Gasteiger partial charge in [-0.3, -0.25) is 38.9 Å². The Morgan fingerprint density at radius 1 is 1.15 bits per heavy atom. The van der Waals surface area contributed by atoms with Crippen LogP contribution in [0.15, 0.2) is 24.5 Å². The number of aromatic nitrogens is 4. The number of carbonyl (C=O) groups is 4. The van der Waals surface area contributed by atoms with Crippen LogP contribution in [-0.4, -0.2) is 100 Å². The highest BCUT2D eigenvalue weighted by molar-refractivity contribution is 6.02. The molecule has 0 fully saturated rings. The van der Waals surface area contributed by atoms with E-state index >= 15 is 0 Å². The summed E-state index contributed by atoms with van der Waals surface area (Å²) in [5, 5.41) is 16.0. The fraction of sp³-hybridized carbons (Fsp3) is 0.385. The molecule has 0 aliphatic heterocycles. The lowest BCUT2D eigenvalue weighted by Gasteiger charge is -2.22. The quantitative estimate of drug-likeness (QED) is 0.110. The highest BCUT2D eigenvalue weighted by Crippen LogP contribution is 2.33. The van der Waals surface area contributed by atoms with Gasteiger partial charge in [0, 0.05) is 45.0 Å². The van der Waals surface area contributed by atoms with Crippen LogP contribution in [0.4, 0.5) is 5.69 Å². The van der Waals surface area contributed by atoms with Crippen molar-refractivity contribution < 1.29 is 33.6 Å². The van der Waals surface area contributed by atoms with Crippen molar-refractivity contribution in [2.24, 2.45) is 7.05 Å². The largest absolute Gasteiger partial charge is 0.468 e. The van der Waals surface area contributed by atoms with E-state index in [0.717, 1.165) is 20.4 Å². The summed E-state index contributed by atoms with van der Waals surface area (Å²) >= 11 is 0. The molecular formula is C26H31N7O8. The fourth-order valence-electron chi connectivity index (χ4n) is 4.29. The number of methoxy groups -OCH3 is 2. The van der Waals surface area contributed by atoms with Crippen molar-refractivity contribution in [2.45, 2.75) is 19.4 Å². The SMILES string of the molecule is COC(=O)C(C(=O)OC)c1cc(-c2cnn(C)c2CN(C)CCN(C)C(=O)c2cc(C)[nH]c2C=O)ncc1[N+](=O)[O-]. The molecule has 1 N–H and O–H groups in total. The van der Waals surface area contributed by atoms with Gasteiger partial charge in [0.05, 0.1) is 53.5 Å². The van der Waals surface area contributed by atoms with E-state index in [0.29, 0.717) is 48.4 Å². The standard InChI is InChI=1S/C26H31N7O8/c1-15-9-16(20(14-34)29-15)24(35)31(3)8-7-30(2)13-22-18(11-28-32(22)4)19-10-17(21(12-27-19)33(38)39)23(25(36)40-5)26(37)41-6/h9-12,14,23,29H,7-8,13H2,1-6H3. The molecule has 3 heterocycles. The number of H-pyrrole nitrogens is 1. The van der Waals surface area contributed by atoms with Crippen molar-refractivity contribution >= 4 is 29.8 Å². The first-order valence-electron chi connectivity index (χ1n) is 12.3. The lowest BCUT2D eigenvalue weighted by atomic mass is 9.96. The highest BCUT2D eigenvalue weighted by Gasteiger charge is 2.37. The number of pyridine rings is 1. The Hall–Kier alpha value is -4.92. The lowest BCUT2D eigenvalue weighted by molar-refractivity contribution is -0.386. The molecule has 0 saturated heterocycles. The van der Waals surface area contributed by atoms with Crippen molar-refractivity contribution in [3.8, 4) is 11.3 Å². The Bertz CT molecular complexity index is 1460. The summed E-state index contributed by atoms with van der Waals surface area (Å²) in [6.45, 7) is 2.92. The number of ether oxygens (including phenoxy) is 2. The van der Waals surface area contributed by atoms with E-state index in [2.05, 4.69) is 15.1 Å². The zero-order valence-electron chi connectivity index (χ0n) is 23.5. The lowest BCUT2D eigenvalue weighted by Crippen LogP contribution is -2.35. The molecule has 0 aromatic carbocycles. The molecule has 3 rings (SSSR count). The molecule has 0 spiro atoms. The van der Waals surface area contributed by atoms with Gasteiger partial charge in [0.15, 0.2) is 12.2 Å². The van der Waals surface area contributed by atoms with Crippen molar-refractivity contribution in [3.05, 3.63) is 62.8 Å². The molecule has 3 aromatic heterocycles. The zero-order valence-corrected chi connectivity index (χ0v) is 23.5. The Morgan fingerprint density at radius 3 is 2.39 bits per heavy atom. The van der Waals surface area contributed by atoms with Gasteiger partial charge in [-0.05, 0) is 26.1 Å². The zero-order chi connectivity index (χ0) is 30.4. The van der Waals surface area contributed by atoms with E-state index in [-0.39, 0.29) is 22.9 Å². The summed E-state index contributed by atoms with van der Waals surface area (Å²) in [5.74, 6) is -4.01. The third kappa shape index (κ3) is 6.63. The van der Waals surface area contributed by atoms with Gasteiger partial charge in [-0.2, -0.15) is 5.10 Å². The van der Waals surface area contributed by atoms with Gasteiger partial charge in [-0.15, -0.1) is 0 Å². The van der Waals surface area contributed by atoms with Crippen LogP contribution >= 0.6 is 0 Å². The van der Waals surface area contributed by atoms with Crippen LogP contribution in [0.5, 0.6) is 0 Å². The van der Waals surface area contributed by atoms with E-state index in [1.807, 2.05) is 11.9 Å². The average Bonchev–Trinajstić information content (AvgIpc) is 3.52. The molecule has 41 heavy (non-hydrogen) atoms. The molecule has 3 aromatic rings. The van der Waals surface area contributed by atoms with E-state index in [1.54, 1.807) is 31.8 Å². The summed E-state index contributed by atoms with van der Waals surface area (Å²) in [7, 11) is 7.32. The molecule has 0 aliphatic carbocycles. The summed E-state index contributed by atoms with van der Waals surface area (Å²) in [5.41, 5.74) is 1.92. The number of aldehydes is 1. The molecular weight excluding hydrogens is 538 g/mol. The number of likely N-dealkylation sites (N-methyl/N-ethyl adjacent to an activating group) is 2. The van der Waals surface area contributed by atoms with Gasteiger partial charge in [0.1, 0.15) is 6.20 Å². The Balaban J connectivity index is 1.85. The normalized spacial score (nSPS) is 11.0. The number of esters is 2. The predicted octanol–water partition coefficient (Wildman–Crippen LogP) is 1.47. The number of aryl methyl sites for hydroxylation is 2. The summed E-state index contributed by atoms with van der Waals surface area (Å²) < 4.78 is 11.0. The van der Waals surface area contributed by atoms with Crippen LogP contribution < -0.4 is 0 Å². The smallest absolute Gasteiger partial charge is 0.324 e. The summed E-state index contributed by atoms with van der Waals surface area (Å²) in [6.07, 6.45) is 3.11. The van der Waals surface area contributed by atoms with E-state index < -0.39 is 28.5 Å². The fourth-order valence-corrected chi connectivity index (χ4v) is 4.29. The number of aromatic amines is 1. The van der Waals surface area contributed by atoms with Crippen LogP contribution in [0, 0.1) is 17.0 Å². The minimum Gasteiger partial charge on any atom is -0.468 e. The third-order valence-electron chi connectivity index (χ3n) is 6.55. The first-order chi connectivity index (χ1) is 19.4. The van der Waals surface area contributed by atoms with Gasteiger partial charge in [0.25, 0.3) is 11.6 Å². The number of nitro groups is 1. The van der Waals surface area contributed by atoms with Crippen LogP contribution in [0.2, 0.25) is 0 Å². The number of rotatable bonds is 12. The number of hydrogen-bond donors (Lipinski definition) is 1. The Labute approximate surface area is 235 Å². The molecule has 0 saturated carbocycles. The number of nitrogens with zero attached hydrogens (tertiary/aromatic N) is 6. The molecule has 218 valence electrons. The molecule has 0 atom stereocenters. The molecule has 15 nitrogen and oxygen atoms in total. The number of amides is 1. The van der Waals surface area contributed by atoms with Crippen LogP contribution in [0.3, 0.4) is 0 Å². The van der Waals surface area contributed by atoms with Crippen molar-refractivity contribution in [1.82, 2.24) is 29.5 Å². The van der Waals surface area contributed by atoms with Crippen molar-refractivity contribution in [3.63, 3.8) is 0 Å². The second kappa shape index (κ2) is 13.0. The first-order valence-corrected chi connectivity index (χ1v) is 12.3. The molecule has 0 radical (unpaired) electrons. The second-order valence-electron chi connectivity index (χ2n) is 9.36. The summed E-state index contributed by atoms with van der Waals surface area (Å²) in [4.78, 5) is 70.5. The minimum atomic E-state index is -1.69. The van der Waals surface area contributed by atoms with Crippen LogP contribution in [0.25, 0.3) is 11.3 Å². The Kier molecular flexibility index (Phi) is 9.67. The highest BCUT2D eigenvalue weighted by atomic mass is 16.6. The van der Waals surface area contributed by atoms with Gasteiger partial charge in [-0.1, -0.05) is 0 Å². The molecule has 15 heteroatoms. The number of hydrogen-bond acceptors (Lipinski definition) is 11. The minimum absolute atomic E-state index is 0.225. The van der Waals surface area contributed by atoms with E-state index in [9.17, 15) is 29.3 Å². The monoisotopic (exact) mass is 569 g/mol. The topological polar surface area (TPSA) is 183 Å².